The van der Waals surface area contributed by atoms with Crippen LogP contribution in [-0.4, -0.2) is 11.0 Å². The van der Waals surface area contributed by atoms with Gasteiger partial charge in [0.15, 0.2) is 5.01 Å². The Morgan fingerprint density at radius 2 is 2.10 bits per heavy atom. The second-order valence-electron chi connectivity index (χ2n) is 5.33. The van der Waals surface area contributed by atoms with Crippen LogP contribution in [0.2, 0.25) is 0 Å². The Bertz CT molecular complexity index is 645. The minimum absolute atomic E-state index is 0.557. The zero-order valence-corrected chi connectivity index (χ0v) is 12.3. The highest BCUT2D eigenvalue weighted by molar-refractivity contribution is 7.15. The monoisotopic (exact) mass is 312 g/mol. The van der Waals surface area contributed by atoms with Crippen LogP contribution in [0.1, 0.15) is 29.0 Å². The third-order valence-electron chi connectivity index (χ3n) is 3.48. The van der Waals surface area contributed by atoms with Crippen LogP contribution in [-0.2, 0) is 12.7 Å². The van der Waals surface area contributed by atoms with E-state index in [2.05, 4.69) is 10.3 Å². The van der Waals surface area contributed by atoms with E-state index in [1.165, 1.54) is 19.0 Å². The molecular formula is C15H15F3N2S. The molecule has 1 aliphatic rings. The van der Waals surface area contributed by atoms with Gasteiger partial charge in [-0.1, -0.05) is 18.2 Å². The third-order valence-corrected chi connectivity index (χ3v) is 4.55. The van der Waals surface area contributed by atoms with Crippen molar-refractivity contribution in [2.75, 3.05) is 0 Å². The van der Waals surface area contributed by atoms with Gasteiger partial charge in [-0.25, -0.2) is 4.98 Å². The van der Waals surface area contributed by atoms with Gasteiger partial charge < -0.3 is 5.32 Å². The molecule has 112 valence electrons. The molecule has 1 aliphatic carbocycles. The third kappa shape index (κ3) is 3.44. The number of thiazole rings is 1. The highest BCUT2D eigenvalue weighted by Gasteiger charge is 2.34. The molecule has 1 fully saturated rings. The number of alkyl halides is 3. The normalized spacial score (nSPS) is 15.4. The Morgan fingerprint density at radius 1 is 1.33 bits per heavy atom. The lowest BCUT2D eigenvalue weighted by atomic mass is 10.0. The van der Waals surface area contributed by atoms with Gasteiger partial charge in [0.1, 0.15) is 0 Å². The summed E-state index contributed by atoms with van der Waals surface area (Å²) in [5, 5.41) is 2.63. The molecule has 0 amide bonds. The van der Waals surface area contributed by atoms with Gasteiger partial charge in [-0.05, 0) is 36.5 Å². The number of nitrogens with one attached hydrogen (secondary N) is 1. The summed E-state index contributed by atoms with van der Waals surface area (Å²) in [4.78, 5) is 4.03. The summed E-state index contributed by atoms with van der Waals surface area (Å²) >= 11 is 0.689. The number of nitrogens with zero attached hydrogens (tertiary/aromatic N) is 1. The van der Waals surface area contributed by atoms with E-state index in [9.17, 15) is 13.2 Å². The number of halogens is 3. The molecule has 0 spiro atoms. The Balaban J connectivity index is 1.79. The molecule has 0 radical (unpaired) electrons. The average Bonchev–Trinajstić information content (AvgIpc) is 3.10. The van der Waals surface area contributed by atoms with E-state index in [-0.39, 0.29) is 0 Å². The molecule has 2 nitrogen and oxygen atoms in total. The Hall–Kier alpha value is -1.40. The van der Waals surface area contributed by atoms with E-state index >= 15 is 0 Å². The van der Waals surface area contributed by atoms with Gasteiger partial charge in [0, 0.05) is 18.8 Å². The van der Waals surface area contributed by atoms with Crippen LogP contribution in [0.3, 0.4) is 0 Å². The van der Waals surface area contributed by atoms with Gasteiger partial charge in [0.25, 0.3) is 0 Å². The Labute approximate surface area is 125 Å². The molecule has 1 N–H and O–H groups in total. The fourth-order valence-electron chi connectivity index (χ4n) is 2.19. The lowest BCUT2D eigenvalue weighted by Gasteiger charge is -2.08. The lowest BCUT2D eigenvalue weighted by Crippen LogP contribution is -2.15. The van der Waals surface area contributed by atoms with Crippen molar-refractivity contribution in [3.8, 4) is 10.4 Å². The SMILES string of the molecule is Cc1cc(CNC2CC2)ccc1-c1cnc(C(F)(F)F)s1. The van der Waals surface area contributed by atoms with Crippen molar-refractivity contribution in [1.29, 1.82) is 0 Å². The van der Waals surface area contributed by atoms with Crippen molar-refractivity contribution in [2.45, 2.75) is 38.5 Å². The minimum Gasteiger partial charge on any atom is -0.310 e. The molecule has 0 aliphatic heterocycles. The van der Waals surface area contributed by atoms with Gasteiger partial charge in [0.05, 0.1) is 4.88 Å². The molecule has 1 saturated carbocycles. The smallest absolute Gasteiger partial charge is 0.310 e. The van der Waals surface area contributed by atoms with E-state index in [0.29, 0.717) is 22.3 Å². The molecule has 1 heterocycles. The van der Waals surface area contributed by atoms with Crippen LogP contribution < -0.4 is 5.32 Å². The summed E-state index contributed by atoms with van der Waals surface area (Å²) in [6, 6.07) is 6.51. The number of aryl methyl sites for hydroxylation is 1. The van der Waals surface area contributed by atoms with Crippen molar-refractivity contribution >= 4 is 11.3 Å². The van der Waals surface area contributed by atoms with Crippen LogP contribution in [0.25, 0.3) is 10.4 Å². The van der Waals surface area contributed by atoms with Crippen LogP contribution >= 0.6 is 11.3 Å². The fourth-order valence-corrected chi connectivity index (χ4v) is 3.07. The first kappa shape index (κ1) is 14.5. The molecule has 21 heavy (non-hydrogen) atoms. The standard InChI is InChI=1S/C15H15F3N2S/c1-9-6-10(7-19-11-3-4-11)2-5-12(9)13-8-20-14(21-13)15(16,17)18/h2,5-6,8,11,19H,3-4,7H2,1H3. The van der Waals surface area contributed by atoms with Gasteiger partial charge >= 0.3 is 6.18 Å². The van der Waals surface area contributed by atoms with Crippen molar-refractivity contribution in [3.63, 3.8) is 0 Å². The Kier molecular flexibility index (Phi) is 3.75. The van der Waals surface area contributed by atoms with Crippen LogP contribution in [0.4, 0.5) is 13.2 Å². The molecule has 0 unspecified atom stereocenters. The first-order chi connectivity index (χ1) is 9.93. The molecule has 2 aromatic rings. The summed E-state index contributed by atoms with van der Waals surface area (Å²) in [5.41, 5.74) is 2.95. The van der Waals surface area contributed by atoms with Gasteiger partial charge in [-0.3, -0.25) is 0 Å². The van der Waals surface area contributed by atoms with E-state index < -0.39 is 11.2 Å². The highest BCUT2D eigenvalue weighted by atomic mass is 32.1. The number of benzene rings is 1. The lowest BCUT2D eigenvalue weighted by molar-refractivity contribution is -0.137. The second kappa shape index (κ2) is 5.42. The van der Waals surface area contributed by atoms with Crippen LogP contribution in [0, 0.1) is 6.92 Å². The van der Waals surface area contributed by atoms with Gasteiger partial charge in [0.2, 0.25) is 0 Å². The summed E-state index contributed by atoms with van der Waals surface area (Å²) in [6.07, 6.45) is -0.598. The van der Waals surface area contributed by atoms with Crippen LogP contribution in [0.15, 0.2) is 24.4 Å². The highest BCUT2D eigenvalue weighted by Crippen LogP contribution is 2.37. The van der Waals surface area contributed by atoms with E-state index in [1.807, 2.05) is 25.1 Å². The second-order valence-corrected chi connectivity index (χ2v) is 6.36. The molecule has 0 bridgehead atoms. The quantitative estimate of drug-likeness (QED) is 0.905. The topological polar surface area (TPSA) is 24.9 Å². The zero-order chi connectivity index (χ0) is 15.0. The van der Waals surface area contributed by atoms with Crippen molar-refractivity contribution in [2.24, 2.45) is 0 Å². The van der Waals surface area contributed by atoms with E-state index in [4.69, 9.17) is 0 Å². The van der Waals surface area contributed by atoms with Gasteiger partial charge in [-0.2, -0.15) is 13.2 Å². The molecule has 6 heteroatoms. The predicted molar refractivity (Wildman–Crippen MR) is 77.2 cm³/mol. The minimum atomic E-state index is -4.37. The van der Waals surface area contributed by atoms with E-state index in [1.54, 1.807) is 0 Å². The number of aromatic nitrogens is 1. The van der Waals surface area contributed by atoms with Crippen molar-refractivity contribution in [3.05, 3.63) is 40.5 Å². The fraction of sp³-hybridized carbons (Fsp3) is 0.400. The summed E-state index contributed by atoms with van der Waals surface area (Å²) in [6.45, 7) is 2.73. The maximum absolute atomic E-state index is 12.6. The van der Waals surface area contributed by atoms with Crippen LogP contribution in [0.5, 0.6) is 0 Å². The maximum atomic E-state index is 12.6. The van der Waals surface area contributed by atoms with Crippen molar-refractivity contribution in [1.82, 2.24) is 10.3 Å². The molecule has 3 rings (SSSR count). The summed E-state index contributed by atoms with van der Waals surface area (Å²) in [5.74, 6) is 0. The summed E-state index contributed by atoms with van der Waals surface area (Å²) < 4.78 is 37.8. The summed E-state index contributed by atoms with van der Waals surface area (Å²) in [7, 11) is 0. The zero-order valence-electron chi connectivity index (χ0n) is 11.5. The average molecular weight is 312 g/mol. The number of hydrogen-bond acceptors (Lipinski definition) is 3. The molecule has 1 aromatic heterocycles. The maximum Gasteiger partial charge on any atom is 0.443 e. The largest absolute Gasteiger partial charge is 0.443 e. The molecular weight excluding hydrogens is 297 g/mol. The molecule has 0 atom stereocenters. The number of rotatable bonds is 4. The first-order valence-electron chi connectivity index (χ1n) is 6.80. The predicted octanol–water partition coefficient (Wildman–Crippen LogP) is 4.39. The molecule has 1 aromatic carbocycles. The molecule has 0 saturated heterocycles. The Morgan fingerprint density at radius 3 is 2.67 bits per heavy atom. The van der Waals surface area contributed by atoms with Gasteiger partial charge in [-0.15, -0.1) is 11.3 Å². The van der Waals surface area contributed by atoms with Crippen molar-refractivity contribution < 1.29 is 13.2 Å². The number of hydrogen-bond donors (Lipinski definition) is 1. The first-order valence-corrected chi connectivity index (χ1v) is 7.61. The van der Waals surface area contributed by atoms with E-state index in [0.717, 1.165) is 23.2 Å².